The van der Waals surface area contributed by atoms with E-state index in [4.69, 9.17) is 5.73 Å². The van der Waals surface area contributed by atoms with Gasteiger partial charge in [-0.25, -0.2) is 0 Å². The van der Waals surface area contributed by atoms with Gasteiger partial charge in [-0.15, -0.1) is 12.4 Å². The molecule has 2 saturated heterocycles. The van der Waals surface area contributed by atoms with Crippen LogP contribution in [0.25, 0.3) is 0 Å². The van der Waals surface area contributed by atoms with Gasteiger partial charge in [0.15, 0.2) is 0 Å². The molecule has 1 aromatic rings. The fourth-order valence-electron chi connectivity index (χ4n) is 3.87. The van der Waals surface area contributed by atoms with Gasteiger partial charge in [-0.1, -0.05) is 30.3 Å². The number of rotatable bonds is 5. The minimum absolute atomic E-state index is 0. The maximum absolute atomic E-state index is 12.5. The topological polar surface area (TPSA) is 66.6 Å². The summed E-state index contributed by atoms with van der Waals surface area (Å²) in [6.45, 7) is 3.34. The van der Waals surface area contributed by atoms with Crippen LogP contribution in [0.5, 0.6) is 0 Å². The van der Waals surface area contributed by atoms with Crippen LogP contribution >= 0.6 is 12.4 Å². The number of hydrogen-bond acceptors (Lipinski definition) is 3. The Hall–Kier alpha value is -1.59. The van der Waals surface area contributed by atoms with Crippen molar-refractivity contribution in [3.63, 3.8) is 0 Å². The zero-order valence-electron chi connectivity index (χ0n) is 15.3. The summed E-state index contributed by atoms with van der Waals surface area (Å²) >= 11 is 0. The van der Waals surface area contributed by atoms with Gasteiger partial charge in [-0.3, -0.25) is 9.59 Å². The quantitative estimate of drug-likeness (QED) is 0.855. The second kappa shape index (κ2) is 9.93. The lowest BCUT2D eigenvalue weighted by Gasteiger charge is -2.36. The molecule has 0 radical (unpaired) electrons. The van der Waals surface area contributed by atoms with Gasteiger partial charge in [-0.2, -0.15) is 0 Å². The van der Waals surface area contributed by atoms with Crippen LogP contribution in [0.4, 0.5) is 0 Å². The van der Waals surface area contributed by atoms with Gasteiger partial charge in [0.05, 0.1) is 0 Å². The van der Waals surface area contributed by atoms with Gasteiger partial charge in [0.1, 0.15) is 0 Å². The Bertz CT molecular complexity index is 588. The molecule has 6 heteroatoms. The predicted octanol–water partition coefficient (Wildman–Crippen LogP) is 2.75. The predicted molar refractivity (Wildman–Crippen MR) is 105 cm³/mol. The maximum Gasteiger partial charge on any atom is 0.224 e. The Balaban J connectivity index is 0.00000243. The zero-order chi connectivity index (χ0) is 17.6. The smallest absolute Gasteiger partial charge is 0.224 e. The Morgan fingerprint density at radius 3 is 2.46 bits per heavy atom. The molecule has 26 heavy (non-hydrogen) atoms. The molecule has 1 aromatic carbocycles. The van der Waals surface area contributed by atoms with Crippen molar-refractivity contribution in [1.82, 2.24) is 9.80 Å². The molecule has 5 nitrogen and oxygen atoms in total. The lowest BCUT2D eigenvalue weighted by atomic mass is 9.94. The second-order valence-electron chi connectivity index (χ2n) is 7.34. The van der Waals surface area contributed by atoms with E-state index in [0.29, 0.717) is 24.7 Å². The number of carbonyl (C=O) groups excluding carboxylic acids is 2. The molecule has 2 amide bonds. The lowest BCUT2D eigenvalue weighted by Crippen LogP contribution is -2.44. The van der Waals surface area contributed by atoms with Crippen LogP contribution in [0, 0.1) is 5.92 Å². The summed E-state index contributed by atoms with van der Waals surface area (Å²) in [5.74, 6) is 0.969. The summed E-state index contributed by atoms with van der Waals surface area (Å²) in [4.78, 5) is 28.4. The van der Waals surface area contributed by atoms with Crippen LogP contribution in [0.3, 0.4) is 0 Å². The van der Waals surface area contributed by atoms with E-state index < -0.39 is 0 Å². The van der Waals surface area contributed by atoms with Crippen molar-refractivity contribution >= 4 is 24.2 Å². The summed E-state index contributed by atoms with van der Waals surface area (Å²) in [6.07, 6.45) is 5.19. The fraction of sp³-hybridized carbons (Fsp3) is 0.600. The van der Waals surface area contributed by atoms with Gasteiger partial charge < -0.3 is 15.5 Å². The van der Waals surface area contributed by atoms with E-state index in [1.165, 1.54) is 0 Å². The van der Waals surface area contributed by atoms with E-state index in [2.05, 4.69) is 0 Å². The number of hydrogen-bond donors (Lipinski definition) is 1. The minimum Gasteiger partial charge on any atom is -0.343 e. The van der Waals surface area contributed by atoms with Crippen molar-refractivity contribution < 1.29 is 9.59 Å². The van der Waals surface area contributed by atoms with Crippen LogP contribution in [-0.2, 0) is 9.59 Å². The van der Waals surface area contributed by atoms with Gasteiger partial charge in [0, 0.05) is 45.1 Å². The third kappa shape index (κ3) is 5.45. The number of carbonyl (C=O) groups is 2. The molecule has 3 rings (SSSR count). The molecule has 2 aliphatic heterocycles. The molecule has 2 fully saturated rings. The van der Waals surface area contributed by atoms with Gasteiger partial charge in [0.2, 0.25) is 11.8 Å². The standard InChI is InChI=1S/C20H29N3O2.ClH/c21-18(17-6-2-1-3-7-17)14-20(25)22-12-9-16(10-13-22)15-23-11-5-4-8-19(23)24;/h1-3,6-7,16,18H,4-5,8-15,21H2;1H. The highest BCUT2D eigenvalue weighted by Crippen LogP contribution is 2.23. The summed E-state index contributed by atoms with van der Waals surface area (Å²) in [5, 5.41) is 0. The van der Waals surface area contributed by atoms with Crippen LogP contribution in [-0.4, -0.2) is 47.8 Å². The van der Waals surface area contributed by atoms with Crippen molar-refractivity contribution in [3.05, 3.63) is 35.9 Å². The van der Waals surface area contributed by atoms with Crippen molar-refractivity contribution in [2.75, 3.05) is 26.2 Å². The third-order valence-corrected chi connectivity index (χ3v) is 5.49. The highest BCUT2D eigenvalue weighted by Gasteiger charge is 2.27. The maximum atomic E-state index is 12.5. The molecule has 0 aliphatic carbocycles. The highest BCUT2D eigenvalue weighted by atomic mass is 35.5. The molecule has 1 unspecified atom stereocenters. The van der Waals surface area contributed by atoms with Crippen LogP contribution in [0.15, 0.2) is 30.3 Å². The van der Waals surface area contributed by atoms with E-state index in [-0.39, 0.29) is 24.4 Å². The molecule has 1 atom stereocenters. The normalized spacial score (nSPS) is 19.8. The summed E-state index contributed by atoms with van der Waals surface area (Å²) in [5.41, 5.74) is 7.19. The average molecular weight is 380 g/mol. The lowest BCUT2D eigenvalue weighted by molar-refractivity contribution is -0.136. The minimum atomic E-state index is -0.239. The van der Waals surface area contributed by atoms with Gasteiger partial charge in [0.25, 0.3) is 0 Å². The number of halogens is 1. The summed E-state index contributed by atoms with van der Waals surface area (Å²) in [6, 6.07) is 9.56. The molecule has 0 bridgehead atoms. The van der Waals surface area contributed by atoms with Crippen LogP contribution < -0.4 is 5.73 Å². The first-order chi connectivity index (χ1) is 12.1. The largest absolute Gasteiger partial charge is 0.343 e. The monoisotopic (exact) mass is 379 g/mol. The SMILES string of the molecule is Cl.NC(CC(=O)N1CCC(CN2CCCCC2=O)CC1)c1ccccc1. The van der Waals surface area contributed by atoms with Crippen molar-refractivity contribution in [3.8, 4) is 0 Å². The first-order valence-electron chi connectivity index (χ1n) is 9.49. The van der Waals surface area contributed by atoms with E-state index in [1.807, 2.05) is 40.1 Å². The Morgan fingerprint density at radius 1 is 1.12 bits per heavy atom. The molecular formula is C20H30ClN3O2. The van der Waals surface area contributed by atoms with Crippen LogP contribution in [0.1, 0.15) is 50.1 Å². The van der Waals surface area contributed by atoms with E-state index in [1.54, 1.807) is 0 Å². The van der Waals surface area contributed by atoms with E-state index >= 15 is 0 Å². The summed E-state index contributed by atoms with van der Waals surface area (Å²) in [7, 11) is 0. The third-order valence-electron chi connectivity index (χ3n) is 5.49. The van der Waals surface area contributed by atoms with Crippen molar-refractivity contribution in [2.45, 2.75) is 44.6 Å². The number of benzene rings is 1. The van der Waals surface area contributed by atoms with Crippen LogP contribution in [0.2, 0.25) is 0 Å². The molecule has 2 aliphatic rings. The fourth-order valence-corrected chi connectivity index (χ4v) is 3.87. The molecule has 144 valence electrons. The Labute approximate surface area is 162 Å². The first-order valence-corrected chi connectivity index (χ1v) is 9.49. The Kier molecular flexibility index (Phi) is 7.91. The van der Waals surface area contributed by atoms with E-state index in [9.17, 15) is 9.59 Å². The molecular weight excluding hydrogens is 350 g/mol. The second-order valence-corrected chi connectivity index (χ2v) is 7.34. The van der Waals surface area contributed by atoms with Gasteiger partial charge >= 0.3 is 0 Å². The van der Waals surface area contributed by atoms with Crippen molar-refractivity contribution in [2.24, 2.45) is 11.7 Å². The first kappa shape index (κ1) is 20.7. The molecule has 0 saturated carbocycles. The molecule has 0 aromatic heterocycles. The number of nitrogens with two attached hydrogens (primary N) is 1. The summed E-state index contributed by atoms with van der Waals surface area (Å²) < 4.78 is 0. The van der Waals surface area contributed by atoms with Gasteiger partial charge in [-0.05, 0) is 37.2 Å². The van der Waals surface area contributed by atoms with Crippen molar-refractivity contribution in [1.29, 1.82) is 0 Å². The zero-order valence-corrected chi connectivity index (χ0v) is 16.1. The molecule has 0 spiro atoms. The number of amides is 2. The van der Waals surface area contributed by atoms with E-state index in [0.717, 1.165) is 57.4 Å². The molecule has 2 heterocycles. The number of likely N-dealkylation sites (tertiary alicyclic amines) is 2. The Morgan fingerprint density at radius 2 is 1.81 bits per heavy atom. The number of piperidine rings is 2. The average Bonchev–Trinajstić information content (AvgIpc) is 2.65. The molecule has 2 N–H and O–H groups in total. The number of nitrogens with zero attached hydrogens (tertiary/aromatic N) is 2. The highest BCUT2D eigenvalue weighted by molar-refractivity contribution is 5.85.